The molecule has 2 aliphatic heterocycles. The van der Waals surface area contributed by atoms with E-state index in [2.05, 4.69) is 5.32 Å². The second-order valence-corrected chi connectivity index (χ2v) is 5.37. The number of benzene rings is 1. The first kappa shape index (κ1) is 12.7. The molecule has 5 nitrogen and oxygen atoms in total. The van der Waals surface area contributed by atoms with Crippen LogP contribution in [0.5, 0.6) is 0 Å². The molecule has 1 aromatic rings. The van der Waals surface area contributed by atoms with Crippen LogP contribution in [0.25, 0.3) is 5.57 Å². The molecular weight excluding hydrogens is 258 g/mol. The molecule has 0 aromatic heterocycles. The number of rotatable bonds is 1. The molecule has 0 fully saturated rings. The highest BCUT2D eigenvalue weighted by Crippen LogP contribution is 2.37. The monoisotopic (exact) mass is 273 g/mol. The molecule has 0 spiro atoms. The summed E-state index contributed by atoms with van der Waals surface area (Å²) in [5, 5.41) is 2.68. The third-order valence-electron chi connectivity index (χ3n) is 3.53. The molecule has 0 aliphatic carbocycles. The molecule has 1 N–H and O–H groups in total. The van der Waals surface area contributed by atoms with E-state index in [1.165, 1.54) is 6.08 Å². The Bertz CT molecular complexity index is 631. The smallest absolute Gasteiger partial charge is 0.412 e. The molecular formula is C15H15NO4. The molecule has 0 unspecified atom stereocenters. The van der Waals surface area contributed by atoms with Gasteiger partial charge in [0.1, 0.15) is 5.60 Å². The van der Waals surface area contributed by atoms with Gasteiger partial charge in [0.05, 0.1) is 12.3 Å². The summed E-state index contributed by atoms with van der Waals surface area (Å²) in [7, 11) is 0. The van der Waals surface area contributed by atoms with Crippen LogP contribution < -0.4 is 5.32 Å². The average Bonchev–Trinajstić information content (AvgIpc) is 2.37. The van der Waals surface area contributed by atoms with Crippen molar-refractivity contribution in [2.75, 3.05) is 11.9 Å². The van der Waals surface area contributed by atoms with E-state index in [1.54, 1.807) is 0 Å². The Morgan fingerprint density at radius 2 is 2.05 bits per heavy atom. The van der Waals surface area contributed by atoms with Crippen LogP contribution in [0.4, 0.5) is 10.5 Å². The Labute approximate surface area is 116 Å². The van der Waals surface area contributed by atoms with Gasteiger partial charge in [-0.25, -0.2) is 9.59 Å². The number of hydrogen-bond donors (Lipinski definition) is 1. The second kappa shape index (κ2) is 4.37. The van der Waals surface area contributed by atoms with Crippen molar-refractivity contribution in [2.24, 2.45) is 0 Å². The van der Waals surface area contributed by atoms with E-state index < -0.39 is 11.7 Å². The van der Waals surface area contributed by atoms with Crippen LogP contribution >= 0.6 is 0 Å². The van der Waals surface area contributed by atoms with Gasteiger partial charge in [-0.05, 0) is 37.1 Å². The zero-order valence-corrected chi connectivity index (χ0v) is 11.4. The van der Waals surface area contributed by atoms with E-state index >= 15 is 0 Å². The van der Waals surface area contributed by atoms with Gasteiger partial charge in [-0.1, -0.05) is 6.07 Å². The van der Waals surface area contributed by atoms with E-state index in [9.17, 15) is 9.59 Å². The SMILES string of the molecule is CC1(C)OC(=O)Nc2ccc(C3=CC(=O)OCC3)cc21. The van der Waals surface area contributed by atoms with E-state index in [4.69, 9.17) is 9.47 Å². The van der Waals surface area contributed by atoms with E-state index in [0.717, 1.165) is 22.4 Å². The third-order valence-corrected chi connectivity index (χ3v) is 3.53. The molecule has 5 heteroatoms. The maximum atomic E-state index is 11.5. The van der Waals surface area contributed by atoms with Gasteiger partial charge in [-0.15, -0.1) is 0 Å². The topological polar surface area (TPSA) is 64.6 Å². The van der Waals surface area contributed by atoms with Crippen LogP contribution in [0.15, 0.2) is 24.3 Å². The van der Waals surface area contributed by atoms with Gasteiger partial charge >= 0.3 is 12.1 Å². The Balaban J connectivity index is 2.05. The predicted octanol–water partition coefficient (Wildman–Crippen LogP) is 2.81. The van der Waals surface area contributed by atoms with Gasteiger partial charge in [0.25, 0.3) is 0 Å². The first-order valence-electron chi connectivity index (χ1n) is 6.48. The van der Waals surface area contributed by atoms with Gasteiger partial charge < -0.3 is 9.47 Å². The first-order chi connectivity index (χ1) is 9.45. The number of carbonyl (C=O) groups excluding carboxylic acids is 2. The van der Waals surface area contributed by atoms with Gasteiger partial charge in [-0.2, -0.15) is 0 Å². The maximum absolute atomic E-state index is 11.5. The molecule has 104 valence electrons. The summed E-state index contributed by atoms with van der Waals surface area (Å²) in [6.45, 7) is 4.09. The fraction of sp³-hybridized carbons (Fsp3) is 0.333. The van der Waals surface area contributed by atoms with Crippen molar-refractivity contribution < 1.29 is 19.1 Å². The second-order valence-electron chi connectivity index (χ2n) is 5.37. The number of ether oxygens (including phenoxy) is 2. The lowest BCUT2D eigenvalue weighted by Gasteiger charge is -2.33. The minimum atomic E-state index is -0.691. The maximum Gasteiger partial charge on any atom is 0.412 e. The minimum Gasteiger partial charge on any atom is -0.462 e. The fourth-order valence-corrected chi connectivity index (χ4v) is 2.52. The number of anilines is 1. The number of amides is 1. The number of hydrogen-bond acceptors (Lipinski definition) is 4. The zero-order chi connectivity index (χ0) is 14.3. The van der Waals surface area contributed by atoms with Crippen molar-refractivity contribution >= 4 is 23.3 Å². The zero-order valence-electron chi connectivity index (χ0n) is 11.4. The van der Waals surface area contributed by atoms with Crippen molar-refractivity contribution in [3.63, 3.8) is 0 Å². The minimum absolute atomic E-state index is 0.312. The van der Waals surface area contributed by atoms with E-state index in [0.29, 0.717) is 13.0 Å². The molecule has 20 heavy (non-hydrogen) atoms. The molecule has 0 atom stereocenters. The first-order valence-corrected chi connectivity index (χ1v) is 6.48. The lowest BCUT2D eigenvalue weighted by Crippen LogP contribution is -2.34. The largest absolute Gasteiger partial charge is 0.462 e. The number of esters is 1. The summed E-state index contributed by atoms with van der Waals surface area (Å²) in [5.74, 6) is -0.312. The Hall–Kier alpha value is -2.30. The molecule has 0 saturated carbocycles. The van der Waals surface area contributed by atoms with E-state index in [-0.39, 0.29) is 5.97 Å². The molecule has 2 aliphatic rings. The van der Waals surface area contributed by atoms with Crippen LogP contribution in [-0.2, 0) is 19.9 Å². The van der Waals surface area contributed by atoms with Crippen molar-refractivity contribution in [1.82, 2.24) is 0 Å². The van der Waals surface area contributed by atoms with Crippen LogP contribution in [-0.4, -0.2) is 18.7 Å². The Kier molecular flexibility index (Phi) is 2.78. The lowest BCUT2D eigenvalue weighted by atomic mass is 9.90. The molecule has 0 saturated heterocycles. The summed E-state index contributed by atoms with van der Waals surface area (Å²) in [4.78, 5) is 22.8. The van der Waals surface area contributed by atoms with Crippen LogP contribution in [0.2, 0.25) is 0 Å². The highest BCUT2D eigenvalue weighted by atomic mass is 16.6. The van der Waals surface area contributed by atoms with Gasteiger partial charge in [0.2, 0.25) is 0 Å². The van der Waals surface area contributed by atoms with Crippen LogP contribution in [0.3, 0.4) is 0 Å². The fourth-order valence-electron chi connectivity index (χ4n) is 2.52. The molecule has 0 bridgehead atoms. The van der Waals surface area contributed by atoms with Crippen molar-refractivity contribution in [2.45, 2.75) is 25.9 Å². The van der Waals surface area contributed by atoms with Crippen LogP contribution in [0.1, 0.15) is 31.4 Å². The highest BCUT2D eigenvalue weighted by Gasteiger charge is 2.33. The van der Waals surface area contributed by atoms with Gasteiger partial charge in [-0.3, -0.25) is 5.32 Å². The number of fused-ring (bicyclic) bond motifs is 1. The van der Waals surface area contributed by atoms with Crippen molar-refractivity contribution in [3.05, 3.63) is 35.4 Å². The molecule has 3 rings (SSSR count). The van der Waals surface area contributed by atoms with Crippen LogP contribution in [0, 0.1) is 0 Å². The summed E-state index contributed by atoms with van der Waals surface area (Å²) < 4.78 is 10.2. The molecule has 1 amide bonds. The summed E-state index contributed by atoms with van der Waals surface area (Å²) in [6, 6.07) is 5.69. The summed E-state index contributed by atoms with van der Waals surface area (Å²) >= 11 is 0. The third kappa shape index (κ3) is 2.15. The lowest BCUT2D eigenvalue weighted by molar-refractivity contribution is -0.138. The van der Waals surface area contributed by atoms with E-state index in [1.807, 2.05) is 32.0 Å². The normalized spacial score (nSPS) is 20.2. The van der Waals surface area contributed by atoms with Gasteiger partial charge in [0.15, 0.2) is 0 Å². The number of nitrogens with one attached hydrogen (secondary N) is 1. The summed E-state index contributed by atoms with van der Waals surface area (Å²) in [5.41, 5.74) is 2.84. The van der Waals surface area contributed by atoms with Gasteiger partial charge in [0, 0.05) is 18.1 Å². The predicted molar refractivity (Wildman–Crippen MR) is 73.1 cm³/mol. The quantitative estimate of drug-likeness (QED) is 0.799. The average molecular weight is 273 g/mol. The molecule has 0 radical (unpaired) electrons. The molecule has 2 heterocycles. The standard InChI is InChI=1S/C15H15NO4/c1-15(2)11-7-9(10-5-6-19-13(17)8-10)3-4-12(11)16-14(18)20-15/h3-4,7-8H,5-6H2,1-2H3,(H,16,18). The highest BCUT2D eigenvalue weighted by molar-refractivity contribution is 5.94. The summed E-state index contributed by atoms with van der Waals surface area (Å²) in [6.07, 6.45) is 1.76. The van der Waals surface area contributed by atoms with Crippen molar-refractivity contribution in [1.29, 1.82) is 0 Å². The Morgan fingerprint density at radius 3 is 2.80 bits per heavy atom. The number of cyclic esters (lactones) is 2. The number of carbonyl (C=O) groups is 2. The molecule has 1 aromatic carbocycles. The Morgan fingerprint density at radius 1 is 1.25 bits per heavy atom. The van der Waals surface area contributed by atoms with Crippen molar-refractivity contribution in [3.8, 4) is 0 Å².